The zero-order chi connectivity index (χ0) is 15.6. The first-order valence-corrected chi connectivity index (χ1v) is 7.93. The molecule has 0 aliphatic rings. The van der Waals surface area contributed by atoms with Crippen molar-refractivity contribution in [2.75, 3.05) is 5.32 Å². The lowest BCUT2D eigenvalue weighted by Gasteiger charge is -2.18. The van der Waals surface area contributed by atoms with Crippen molar-refractivity contribution in [2.24, 2.45) is 0 Å². The van der Waals surface area contributed by atoms with Gasteiger partial charge in [0.25, 0.3) is 5.69 Å². The zero-order valence-electron chi connectivity index (χ0n) is 11.6. The second-order valence-electron chi connectivity index (χ2n) is 4.82. The second kappa shape index (κ2) is 6.58. The van der Waals surface area contributed by atoms with Gasteiger partial charge in [0.15, 0.2) is 0 Å². The van der Waals surface area contributed by atoms with Crippen molar-refractivity contribution in [2.45, 2.75) is 19.9 Å². The molecular formula is C15H14Br2N2O2. The van der Waals surface area contributed by atoms with Crippen LogP contribution in [0.2, 0.25) is 0 Å². The molecule has 0 spiro atoms. The van der Waals surface area contributed by atoms with E-state index < -0.39 is 0 Å². The molecule has 1 N–H and O–H groups in total. The molecular weight excluding hydrogens is 400 g/mol. The van der Waals surface area contributed by atoms with Crippen LogP contribution in [-0.2, 0) is 0 Å². The smallest absolute Gasteiger partial charge is 0.269 e. The van der Waals surface area contributed by atoms with Crippen LogP contribution in [0.3, 0.4) is 0 Å². The largest absolute Gasteiger partial charge is 0.377 e. The number of rotatable bonds is 4. The third-order valence-electron chi connectivity index (χ3n) is 3.13. The van der Waals surface area contributed by atoms with E-state index in [1.807, 2.05) is 32.0 Å². The molecule has 0 radical (unpaired) electrons. The number of anilines is 1. The van der Waals surface area contributed by atoms with Crippen molar-refractivity contribution in [3.63, 3.8) is 0 Å². The first-order chi connectivity index (χ1) is 9.88. The molecule has 6 heteroatoms. The van der Waals surface area contributed by atoms with E-state index >= 15 is 0 Å². The van der Waals surface area contributed by atoms with Gasteiger partial charge >= 0.3 is 0 Å². The van der Waals surface area contributed by atoms with Crippen LogP contribution in [0.25, 0.3) is 0 Å². The molecule has 2 aromatic carbocycles. The minimum Gasteiger partial charge on any atom is -0.377 e. The van der Waals surface area contributed by atoms with Crippen molar-refractivity contribution in [3.8, 4) is 0 Å². The molecule has 0 aliphatic heterocycles. The van der Waals surface area contributed by atoms with E-state index in [0.29, 0.717) is 0 Å². The fourth-order valence-corrected chi connectivity index (χ4v) is 3.69. The van der Waals surface area contributed by atoms with Crippen molar-refractivity contribution in [1.29, 1.82) is 0 Å². The lowest BCUT2D eigenvalue weighted by molar-refractivity contribution is -0.384. The van der Waals surface area contributed by atoms with E-state index in [0.717, 1.165) is 25.8 Å². The molecule has 0 amide bonds. The maximum Gasteiger partial charge on any atom is 0.269 e. The Hall–Kier alpha value is -1.40. The minimum absolute atomic E-state index is 0.0554. The number of nitro benzene ring substituents is 1. The number of nitrogens with one attached hydrogen (secondary N) is 1. The van der Waals surface area contributed by atoms with Crippen LogP contribution in [-0.4, -0.2) is 4.92 Å². The summed E-state index contributed by atoms with van der Waals surface area (Å²) in [4.78, 5) is 10.5. The summed E-state index contributed by atoms with van der Waals surface area (Å²) in [6, 6.07) is 10.6. The van der Waals surface area contributed by atoms with Gasteiger partial charge in [0.1, 0.15) is 0 Å². The van der Waals surface area contributed by atoms with Gasteiger partial charge in [0, 0.05) is 27.1 Å². The Bertz CT molecular complexity index is 666. The topological polar surface area (TPSA) is 55.2 Å². The quantitative estimate of drug-likeness (QED) is 0.524. The summed E-state index contributed by atoms with van der Waals surface area (Å²) >= 11 is 7.07. The number of hydrogen-bond acceptors (Lipinski definition) is 3. The van der Waals surface area contributed by atoms with Crippen LogP contribution < -0.4 is 5.32 Å². The number of nitro groups is 1. The van der Waals surface area contributed by atoms with E-state index in [4.69, 9.17) is 0 Å². The molecule has 0 aromatic heterocycles. The Morgan fingerprint density at radius 2 is 1.81 bits per heavy atom. The summed E-state index contributed by atoms with van der Waals surface area (Å²) in [7, 11) is 0. The van der Waals surface area contributed by atoms with Crippen LogP contribution in [0.1, 0.15) is 24.1 Å². The molecule has 2 aromatic rings. The average molecular weight is 414 g/mol. The molecule has 4 nitrogen and oxygen atoms in total. The van der Waals surface area contributed by atoms with Crippen LogP contribution in [0.5, 0.6) is 0 Å². The highest BCUT2D eigenvalue weighted by Crippen LogP contribution is 2.35. The Labute approximate surface area is 140 Å². The van der Waals surface area contributed by atoms with Gasteiger partial charge < -0.3 is 5.32 Å². The second-order valence-corrected chi connectivity index (χ2v) is 6.53. The Kier molecular flexibility index (Phi) is 5.00. The molecule has 0 bridgehead atoms. The maximum atomic E-state index is 10.8. The van der Waals surface area contributed by atoms with Gasteiger partial charge in [-0.15, -0.1) is 0 Å². The molecule has 0 aliphatic carbocycles. The van der Waals surface area contributed by atoms with Gasteiger partial charge in [-0.2, -0.15) is 0 Å². The first kappa shape index (κ1) is 16.0. The molecule has 1 unspecified atom stereocenters. The lowest BCUT2D eigenvalue weighted by Crippen LogP contribution is -2.08. The van der Waals surface area contributed by atoms with Gasteiger partial charge in [-0.1, -0.05) is 12.1 Å². The van der Waals surface area contributed by atoms with Gasteiger partial charge in [-0.05, 0) is 69.0 Å². The molecule has 0 heterocycles. The number of non-ortho nitro benzene ring substituents is 1. The summed E-state index contributed by atoms with van der Waals surface area (Å²) < 4.78 is 1.90. The predicted molar refractivity (Wildman–Crippen MR) is 91.7 cm³/mol. The van der Waals surface area contributed by atoms with Crippen molar-refractivity contribution in [1.82, 2.24) is 0 Å². The zero-order valence-corrected chi connectivity index (χ0v) is 14.7. The molecule has 0 saturated heterocycles. The van der Waals surface area contributed by atoms with Gasteiger partial charge in [0.2, 0.25) is 0 Å². The summed E-state index contributed by atoms with van der Waals surface area (Å²) in [5.74, 6) is 0. The molecule has 2 rings (SSSR count). The van der Waals surface area contributed by atoms with Crippen LogP contribution in [0.15, 0.2) is 45.3 Å². The minimum atomic E-state index is -0.381. The van der Waals surface area contributed by atoms with E-state index in [-0.39, 0.29) is 16.7 Å². The van der Waals surface area contributed by atoms with Crippen LogP contribution >= 0.6 is 31.9 Å². The van der Waals surface area contributed by atoms with E-state index in [9.17, 15) is 10.1 Å². The van der Waals surface area contributed by atoms with Gasteiger partial charge in [-0.25, -0.2) is 0 Å². The van der Waals surface area contributed by atoms with Crippen molar-refractivity contribution in [3.05, 3.63) is 66.6 Å². The predicted octanol–water partition coefficient (Wildman–Crippen LogP) is 5.60. The Balaban J connectivity index is 2.28. The Morgan fingerprint density at radius 1 is 1.19 bits per heavy atom. The standard InChI is InChI=1S/C15H14Br2N2O2/c1-9-6-13(16)15(14(17)7-9)18-10(2)11-4-3-5-12(8-11)19(20)21/h3-8,10,18H,1-2H3. The van der Waals surface area contributed by atoms with E-state index in [2.05, 4.69) is 37.2 Å². The number of nitrogens with zero attached hydrogens (tertiary/aromatic N) is 1. The summed E-state index contributed by atoms with van der Waals surface area (Å²) in [5.41, 5.74) is 3.04. The monoisotopic (exact) mass is 412 g/mol. The van der Waals surface area contributed by atoms with E-state index in [1.165, 1.54) is 6.07 Å². The van der Waals surface area contributed by atoms with Gasteiger partial charge in [-0.3, -0.25) is 10.1 Å². The van der Waals surface area contributed by atoms with Gasteiger partial charge in [0.05, 0.1) is 10.6 Å². The van der Waals surface area contributed by atoms with Crippen molar-refractivity contribution >= 4 is 43.2 Å². The maximum absolute atomic E-state index is 10.8. The molecule has 110 valence electrons. The number of benzene rings is 2. The third kappa shape index (κ3) is 3.83. The van der Waals surface area contributed by atoms with Crippen molar-refractivity contribution < 1.29 is 4.92 Å². The number of hydrogen-bond donors (Lipinski definition) is 1. The number of halogens is 2. The average Bonchev–Trinajstić information content (AvgIpc) is 2.42. The lowest BCUT2D eigenvalue weighted by atomic mass is 10.1. The highest BCUT2D eigenvalue weighted by Gasteiger charge is 2.13. The molecule has 0 fully saturated rings. The SMILES string of the molecule is Cc1cc(Br)c(NC(C)c2cccc([N+](=O)[O-])c2)c(Br)c1. The molecule has 0 saturated carbocycles. The molecule has 21 heavy (non-hydrogen) atoms. The van der Waals surface area contributed by atoms with Crippen LogP contribution in [0, 0.1) is 17.0 Å². The fourth-order valence-electron chi connectivity index (χ4n) is 2.05. The normalized spacial score (nSPS) is 12.0. The van der Waals surface area contributed by atoms with Crippen LogP contribution in [0.4, 0.5) is 11.4 Å². The number of aryl methyl sites for hydroxylation is 1. The highest BCUT2D eigenvalue weighted by molar-refractivity contribution is 9.11. The molecule has 1 atom stereocenters. The first-order valence-electron chi connectivity index (χ1n) is 6.35. The summed E-state index contributed by atoms with van der Waals surface area (Å²) in [5, 5.41) is 14.2. The summed E-state index contributed by atoms with van der Waals surface area (Å²) in [6.07, 6.45) is 0. The third-order valence-corrected chi connectivity index (χ3v) is 4.38. The van der Waals surface area contributed by atoms with E-state index in [1.54, 1.807) is 12.1 Å². The highest BCUT2D eigenvalue weighted by atomic mass is 79.9. The Morgan fingerprint density at radius 3 is 2.38 bits per heavy atom. The summed E-state index contributed by atoms with van der Waals surface area (Å²) in [6.45, 7) is 3.99. The fraction of sp³-hybridized carbons (Fsp3) is 0.200.